The van der Waals surface area contributed by atoms with Crippen LogP contribution in [-0.2, 0) is 0 Å². The minimum absolute atomic E-state index is 0.715. The third-order valence-electron chi connectivity index (χ3n) is 2.23. The summed E-state index contributed by atoms with van der Waals surface area (Å²) >= 11 is 7.08. The molecule has 0 aliphatic carbocycles. The molecule has 0 radical (unpaired) electrons. The monoisotopic (exact) mass is 328 g/mol. The number of rotatable bonds is 4. The molecule has 14 heavy (non-hydrogen) atoms. The molecule has 0 nitrogen and oxygen atoms in total. The van der Waals surface area contributed by atoms with Crippen LogP contribution in [0.2, 0.25) is 0 Å². The molecule has 0 saturated heterocycles. The Bertz CT molecular complexity index is 96.9. The molecule has 0 aliphatic heterocycles. The number of hydrogen-bond donors (Lipinski definition) is 0. The summed E-state index contributed by atoms with van der Waals surface area (Å²) in [5.41, 5.74) is 0. The van der Waals surface area contributed by atoms with E-state index in [9.17, 15) is 0 Å². The highest BCUT2D eigenvalue weighted by Gasteiger charge is 2.03. The fourth-order valence-electron chi connectivity index (χ4n) is 0.943. The summed E-state index contributed by atoms with van der Waals surface area (Å²) in [6.07, 6.45) is 2.47. The Balaban J connectivity index is 0. The topological polar surface area (TPSA) is 0 Å². The Morgan fingerprint density at radius 2 is 0.929 bits per heavy atom. The molecule has 88 valence electrons. The lowest BCUT2D eigenvalue weighted by Gasteiger charge is -2.08. The van der Waals surface area contributed by atoms with Gasteiger partial charge in [0.05, 0.1) is 0 Å². The summed E-state index contributed by atoms with van der Waals surface area (Å²) in [4.78, 5) is 1.43. The van der Waals surface area contributed by atoms with E-state index in [0.29, 0.717) is 9.65 Å². The molecule has 0 fully saturated rings. The Hall–Kier alpha value is 0.960. The Labute approximate surface area is 107 Å². The molecule has 0 aromatic rings. The van der Waals surface area contributed by atoms with E-state index in [1.54, 1.807) is 0 Å². The molecule has 0 heterocycles. The summed E-state index contributed by atoms with van der Waals surface area (Å²) < 4.78 is 0. The molecule has 0 aromatic heterocycles. The van der Waals surface area contributed by atoms with Crippen LogP contribution in [0.25, 0.3) is 0 Å². The molecule has 0 spiro atoms. The third-order valence-corrected chi connectivity index (χ3v) is 5.64. The maximum absolute atomic E-state index is 3.54. The van der Waals surface area contributed by atoms with Crippen molar-refractivity contribution in [1.29, 1.82) is 0 Å². The Morgan fingerprint density at radius 1 is 0.714 bits per heavy atom. The van der Waals surface area contributed by atoms with Crippen molar-refractivity contribution in [3.05, 3.63) is 0 Å². The normalized spacial score (nSPS) is 15.0. The van der Waals surface area contributed by atoms with Gasteiger partial charge < -0.3 is 0 Å². The van der Waals surface area contributed by atoms with E-state index in [1.165, 1.54) is 12.8 Å². The molecular formula is C12H26Br2. The van der Waals surface area contributed by atoms with Crippen molar-refractivity contribution in [1.82, 2.24) is 0 Å². The largest absolute Gasteiger partial charge is 0.0888 e. The minimum Gasteiger partial charge on any atom is -0.0888 e. The number of alkyl halides is 2. The Kier molecular flexibility index (Phi) is 13.0. The Morgan fingerprint density at radius 3 is 0.929 bits per heavy atom. The molecule has 0 bridgehead atoms. The third kappa shape index (κ3) is 11.0. The summed E-state index contributed by atoms with van der Waals surface area (Å²) in [5.74, 6) is 1.56. The lowest BCUT2D eigenvalue weighted by Crippen LogP contribution is -2.03. The van der Waals surface area contributed by atoms with Crippen molar-refractivity contribution in [3.8, 4) is 0 Å². The molecule has 2 atom stereocenters. The van der Waals surface area contributed by atoms with Gasteiger partial charge >= 0.3 is 0 Å². The number of halogens is 2. The zero-order valence-electron chi connectivity index (χ0n) is 10.5. The number of hydrogen-bond acceptors (Lipinski definition) is 0. The van der Waals surface area contributed by atoms with Gasteiger partial charge in [0.15, 0.2) is 0 Å². The first-order valence-electron chi connectivity index (χ1n) is 5.64. The van der Waals surface area contributed by atoms with Gasteiger partial charge in [0.2, 0.25) is 0 Å². The first-order valence-corrected chi connectivity index (χ1v) is 7.47. The summed E-state index contributed by atoms with van der Waals surface area (Å²) in [6, 6.07) is 0. The molecule has 0 unspecified atom stereocenters. The van der Waals surface area contributed by atoms with Gasteiger partial charge in [-0.15, -0.1) is 0 Å². The second-order valence-corrected chi connectivity index (χ2v) is 6.69. The van der Waals surface area contributed by atoms with E-state index in [0.717, 1.165) is 11.8 Å². The average Bonchev–Trinajstić information content (AvgIpc) is 2.15. The van der Waals surface area contributed by atoms with Crippen LogP contribution in [0.1, 0.15) is 54.4 Å². The van der Waals surface area contributed by atoms with Crippen LogP contribution < -0.4 is 0 Å². The summed E-state index contributed by atoms with van der Waals surface area (Å²) in [6.45, 7) is 13.3. The van der Waals surface area contributed by atoms with Crippen LogP contribution in [0.5, 0.6) is 0 Å². The predicted octanol–water partition coefficient (Wildman–Crippen LogP) is 5.63. The molecular weight excluding hydrogens is 304 g/mol. The average molecular weight is 330 g/mol. The second-order valence-electron chi connectivity index (χ2n) is 4.34. The van der Waals surface area contributed by atoms with Crippen LogP contribution >= 0.6 is 31.9 Å². The van der Waals surface area contributed by atoms with Crippen LogP contribution in [-0.4, -0.2) is 9.65 Å². The van der Waals surface area contributed by atoms with Crippen molar-refractivity contribution in [2.24, 2.45) is 11.8 Å². The van der Waals surface area contributed by atoms with Crippen molar-refractivity contribution >= 4 is 31.9 Å². The quantitative estimate of drug-likeness (QED) is 0.586. The van der Waals surface area contributed by atoms with E-state index in [2.05, 4.69) is 73.4 Å². The van der Waals surface area contributed by atoms with Crippen molar-refractivity contribution in [2.75, 3.05) is 0 Å². The highest BCUT2D eigenvalue weighted by molar-refractivity contribution is 9.09. The smallest absolute Gasteiger partial charge is 0.0166 e. The molecule has 2 heteroatoms. The SMILES string of the molecule is CC[C@@H](Br)C(C)C.CC[C@H](Br)C(C)C. The maximum Gasteiger partial charge on any atom is 0.0166 e. The highest BCUT2D eigenvalue weighted by Crippen LogP contribution is 2.14. The first kappa shape index (κ1) is 17.4. The van der Waals surface area contributed by atoms with E-state index in [-0.39, 0.29) is 0 Å². The van der Waals surface area contributed by atoms with Crippen molar-refractivity contribution in [2.45, 2.75) is 64.0 Å². The zero-order valence-corrected chi connectivity index (χ0v) is 13.7. The zero-order chi connectivity index (χ0) is 11.7. The molecule has 0 rings (SSSR count). The second kappa shape index (κ2) is 10.5. The molecule has 0 amide bonds. The van der Waals surface area contributed by atoms with Crippen LogP contribution in [0, 0.1) is 11.8 Å². The van der Waals surface area contributed by atoms with Crippen molar-refractivity contribution < 1.29 is 0 Å². The van der Waals surface area contributed by atoms with Crippen LogP contribution in [0.3, 0.4) is 0 Å². The minimum atomic E-state index is 0.715. The van der Waals surface area contributed by atoms with E-state index < -0.39 is 0 Å². The fraction of sp³-hybridized carbons (Fsp3) is 1.00. The standard InChI is InChI=1S/2C6H13Br/c2*1-4-6(7)5(2)3/h2*5-6H,4H2,1-3H3/t2*6-/m10/s1. The van der Waals surface area contributed by atoms with Gasteiger partial charge in [0.25, 0.3) is 0 Å². The maximum atomic E-state index is 3.54. The lowest BCUT2D eigenvalue weighted by atomic mass is 10.1. The van der Waals surface area contributed by atoms with Gasteiger partial charge in [-0.25, -0.2) is 0 Å². The van der Waals surface area contributed by atoms with Gasteiger partial charge in [-0.05, 0) is 24.7 Å². The van der Waals surface area contributed by atoms with Gasteiger partial charge in [-0.2, -0.15) is 0 Å². The van der Waals surface area contributed by atoms with E-state index >= 15 is 0 Å². The summed E-state index contributed by atoms with van der Waals surface area (Å²) in [7, 11) is 0. The van der Waals surface area contributed by atoms with Gasteiger partial charge in [0, 0.05) is 9.65 Å². The van der Waals surface area contributed by atoms with E-state index in [4.69, 9.17) is 0 Å². The van der Waals surface area contributed by atoms with Gasteiger partial charge in [0.1, 0.15) is 0 Å². The molecule has 0 saturated carbocycles. The summed E-state index contributed by atoms with van der Waals surface area (Å²) in [5, 5.41) is 0. The molecule has 0 aromatic carbocycles. The van der Waals surface area contributed by atoms with Crippen LogP contribution in [0.15, 0.2) is 0 Å². The van der Waals surface area contributed by atoms with Gasteiger partial charge in [-0.1, -0.05) is 73.4 Å². The highest BCUT2D eigenvalue weighted by atomic mass is 79.9. The predicted molar refractivity (Wildman–Crippen MR) is 75.7 cm³/mol. The first-order chi connectivity index (χ1) is 6.36. The van der Waals surface area contributed by atoms with Crippen LogP contribution in [0.4, 0.5) is 0 Å². The molecule has 0 aliphatic rings. The molecule has 0 N–H and O–H groups in total. The van der Waals surface area contributed by atoms with E-state index in [1.807, 2.05) is 0 Å². The lowest BCUT2D eigenvalue weighted by molar-refractivity contribution is 0.602. The fourth-order valence-corrected chi connectivity index (χ4v) is 0.943. The van der Waals surface area contributed by atoms with Crippen molar-refractivity contribution in [3.63, 3.8) is 0 Å². The van der Waals surface area contributed by atoms with Gasteiger partial charge in [-0.3, -0.25) is 0 Å².